The van der Waals surface area contributed by atoms with Gasteiger partial charge in [-0.3, -0.25) is 10.1 Å². The fourth-order valence-electron chi connectivity index (χ4n) is 5.65. The Morgan fingerprint density at radius 3 is 2.66 bits per heavy atom. The van der Waals surface area contributed by atoms with Crippen molar-refractivity contribution >= 4 is 23.0 Å². The van der Waals surface area contributed by atoms with E-state index in [1.54, 1.807) is 0 Å². The van der Waals surface area contributed by atoms with Crippen LogP contribution >= 0.6 is 0 Å². The molecule has 1 aliphatic heterocycles. The van der Waals surface area contributed by atoms with Crippen LogP contribution in [0.4, 0.5) is 23.0 Å². The van der Waals surface area contributed by atoms with Gasteiger partial charge in [-0.05, 0) is 60.8 Å². The summed E-state index contributed by atoms with van der Waals surface area (Å²) in [5.41, 5.74) is 1.02. The van der Waals surface area contributed by atoms with Gasteiger partial charge in [-0.2, -0.15) is 0 Å². The van der Waals surface area contributed by atoms with E-state index in [2.05, 4.69) is 47.9 Å². The van der Waals surface area contributed by atoms with Crippen molar-refractivity contribution in [2.24, 2.45) is 10.8 Å². The van der Waals surface area contributed by atoms with Crippen molar-refractivity contribution in [1.29, 1.82) is 0 Å². The van der Waals surface area contributed by atoms with Crippen molar-refractivity contribution in [3.8, 4) is 5.75 Å². The van der Waals surface area contributed by atoms with E-state index >= 15 is 0 Å². The second-order valence-corrected chi connectivity index (χ2v) is 10.3. The molecule has 2 fully saturated rings. The Morgan fingerprint density at radius 1 is 1.22 bits per heavy atom. The van der Waals surface area contributed by atoms with Crippen LogP contribution < -0.4 is 15.0 Å². The maximum absolute atomic E-state index is 12.1. The summed E-state index contributed by atoms with van der Waals surface area (Å²) in [5, 5.41) is 15.3. The van der Waals surface area contributed by atoms with Gasteiger partial charge in [0, 0.05) is 18.3 Å². The monoisotopic (exact) mass is 439 g/mol. The Kier molecular flexibility index (Phi) is 5.97. The number of aromatic nitrogens is 2. The molecule has 1 aromatic heterocycles. The second kappa shape index (κ2) is 8.56. The number of ether oxygens (including phenoxy) is 1. The Morgan fingerprint density at radius 2 is 1.97 bits per heavy atom. The summed E-state index contributed by atoms with van der Waals surface area (Å²) in [5.74, 6) is 1.41. The predicted molar refractivity (Wildman–Crippen MR) is 126 cm³/mol. The zero-order valence-electron chi connectivity index (χ0n) is 19.4. The maximum Gasteiger partial charge on any atom is 0.353 e. The largest absolute Gasteiger partial charge is 0.494 e. The first-order valence-electron chi connectivity index (χ1n) is 11.5. The Balaban J connectivity index is 1.59. The Hall–Kier alpha value is -2.90. The maximum atomic E-state index is 12.1. The van der Waals surface area contributed by atoms with Crippen LogP contribution in [0.2, 0.25) is 0 Å². The summed E-state index contributed by atoms with van der Waals surface area (Å²) in [7, 11) is 0. The van der Waals surface area contributed by atoms with Gasteiger partial charge in [-0.25, -0.2) is 9.97 Å². The average molecular weight is 440 g/mol. The molecule has 2 aliphatic rings. The van der Waals surface area contributed by atoms with Crippen LogP contribution in [0.1, 0.15) is 59.8 Å². The highest BCUT2D eigenvalue weighted by molar-refractivity contribution is 5.75. The van der Waals surface area contributed by atoms with E-state index < -0.39 is 0 Å². The van der Waals surface area contributed by atoms with Crippen LogP contribution in [0.25, 0.3) is 0 Å². The van der Waals surface area contributed by atoms with Crippen LogP contribution in [0.3, 0.4) is 0 Å². The molecule has 2 heterocycles. The quantitative estimate of drug-likeness (QED) is 0.320. The van der Waals surface area contributed by atoms with Gasteiger partial charge in [0.2, 0.25) is 11.6 Å². The number of nitrogens with one attached hydrogen (secondary N) is 1. The molecule has 1 aliphatic carbocycles. The smallest absolute Gasteiger partial charge is 0.353 e. The SMILES string of the molecule is CCCCOc1ccc(Nc2ncnc(N3CC4(C)CC3CC(C)(C)C4)c2[N+](=O)[O-])cc1. The minimum absolute atomic E-state index is 0.0651. The van der Waals surface area contributed by atoms with Crippen molar-refractivity contribution in [2.75, 3.05) is 23.4 Å². The van der Waals surface area contributed by atoms with E-state index in [4.69, 9.17) is 4.74 Å². The van der Waals surface area contributed by atoms with Crippen molar-refractivity contribution in [2.45, 2.75) is 65.8 Å². The number of fused-ring (bicyclic) bond motifs is 2. The van der Waals surface area contributed by atoms with E-state index in [9.17, 15) is 10.1 Å². The first-order chi connectivity index (χ1) is 15.2. The average Bonchev–Trinajstić information content (AvgIpc) is 2.97. The summed E-state index contributed by atoms with van der Waals surface area (Å²) in [6.07, 6.45) is 6.66. The topological polar surface area (TPSA) is 93.4 Å². The lowest BCUT2D eigenvalue weighted by Gasteiger charge is -2.39. The molecule has 172 valence electrons. The van der Waals surface area contributed by atoms with Crippen LogP contribution in [-0.2, 0) is 0 Å². The molecule has 2 unspecified atom stereocenters. The first-order valence-corrected chi connectivity index (χ1v) is 11.5. The van der Waals surface area contributed by atoms with E-state index in [-0.39, 0.29) is 33.3 Å². The molecule has 32 heavy (non-hydrogen) atoms. The van der Waals surface area contributed by atoms with Crippen LogP contribution in [-0.4, -0.2) is 34.1 Å². The Labute approximate surface area is 189 Å². The van der Waals surface area contributed by atoms with Gasteiger partial charge in [0.15, 0.2) is 0 Å². The number of nitrogens with zero attached hydrogens (tertiary/aromatic N) is 4. The molecule has 1 saturated carbocycles. The third-order valence-electron chi connectivity index (χ3n) is 6.56. The standard InChI is InChI=1S/C24H33N5O3/c1-5-6-11-32-19-9-7-17(8-10-19)27-21-20(29(30)31)22(26-16-25-21)28-15-24(4)13-18(28)12-23(2,3)14-24/h7-10,16,18H,5-6,11-15H2,1-4H3,(H,25,26,27). The molecule has 4 rings (SSSR count). The van der Waals surface area contributed by atoms with Crippen LogP contribution in [0, 0.1) is 20.9 Å². The number of benzene rings is 1. The number of rotatable bonds is 8. The zero-order valence-corrected chi connectivity index (χ0v) is 19.4. The highest BCUT2D eigenvalue weighted by Crippen LogP contribution is 2.54. The number of hydrogen-bond donors (Lipinski definition) is 1. The van der Waals surface area contributed by atoms with Crippen LogP contribution in [0.15, 0.2) is 30.6 Å². The summed E-state index contributed by atoms with van der Waals surface area (Å²) in [6, 6.07) is 7.67. The van der Waals surface area contributed by atoms with Gasteiger partial charge in [0.25, 0.3) is 0 Å². The first kappa shape index (κ1) is 22.3. The van der Waals surface area contributed by atoms with Crippen molar-refractivity contribution in [1.82, 2.24) is 9.97 Å². The summed E-state index contributed by atoms with van der Waals surface area (Å²) in [6.45, 7) is 10.4. The summed E-state index contributed by atoms with van der Waals surface area (Å²) in [4.78, 5) is 22.5. The van der Waals surface area contributed by atoms with Gasteiger partial charge in [-0.1, -0.05) is 34.1 Å². The molecular weight excluding hydrogens is 406 g/mol. The molecule has 1 saturated heterocycles. The van der Waals surface area contributed by atoms with Crippen molar-refractivity contribution < 1.29 is 9.66 Å². The predicted octanol–water partition coefficient (Wildman–Crippen LogP) is 5.71. The van der Waals surface area contributed by atoms with E-state index in [0.717, 1.165) is 44.4 Å². The normalized spacial score (nSPS) is 23.8. The summed E-state index contributed by atoms with van der Waals surface area (Å²) < 4.78 is 5.70. The van der Waals surface area contributed by atoms with Crippen molar-refractivity contribution in [3.05, 3.63) is 40.7 Å². The highest BCUT2D eigenvalue weighted by atomic mass is 16.6. The zero-order chi connectivity index (χ0) is 22.9. The molecule has 0 spiro atoms. The molecule has 1 N–H and O–H groups in total. The van der Waals surface area contributed by atoms with Gasteiger partial charge < -0.3 is 15.0 Å². The van der Waals surface area contributed by atoms with E-state index in [1.165, 1.54) is 6.33 Å². The van der Waals surface area contributed by atoms with Gasteiger partial charge in [0.05, 0.1) is 11.5 Å². The minimum Gasteiger partial charge on any atom is -0.494 e. The molecule has 2 bridgehead atoms. The molecule has 8 heteroatoms. The third kappa shape index (κ3) is 4.64. The minimum atomic E-state index is -0.365. The molecule has 2 aromatic rings. The summed E-state index contributed by atoms with van der Waals surface area (Å²) >= 11 is 0. The lowest BCUT2D eigenvalue weighted by atomic mass is 9.65. The van der Waals surface area contributed by atoms with E-state index in [0.29, 0.717) is 18.1 Å². The van der Waals surface area contributed by atoms with E-state index in [1.807, 2.05) is 24.3 Å². The Bertz CT molecular complexity index is 978. The highest BCUT2D eigenvalue weighted by Gasteiger charge is 2.51. The van der Waals surface area contributed by atoms with Gasteiger partial charge in [0.1, 0.15) is 12.1 Å². The fourth-order valence-corrected chi connectivity index (χ4v) is 5.65. The van der Waals surface area contributed by atoms with Gasteiger partial charge >= 0.3 is 5.69 Å². The fraction of sp³-hybridized carbons (Fsp3) is 0.583. The molecule has 8 nitrogen and oxygen atoms in total. The molecular formula is C24H33N5O3. The van der Waals surface area contributed by atoms with Gasteiger partial charge in [-0.15, -0.1) is 0 Å². The molecule has 0 amide bonds. The lowest BCUT2D eigenvalue weighted by molar-refractivity contribution is -0.383. The third-order valence-corrected chi connectivity index (χ3v) is 6.56. The molecule has 1 aromatic carbocycles. The molecule has 0 radical (unpaired) electrons. The number of anilines is 3. The van der Waals surface area contributed by atoms with Crippen molar-refractivity contribution in [3.63, 3.8) is 0 Å². The number of unbranched alkanes of at least 4 members (excludes halogenated alkanes) is 1. The van der Waals surface area contributed by atoms with Crippen LogP contribution in [0.5, 0.6) is 5.75 Å². The number of hydrogen-bond acceptors (Lipinski definition) is 7. The number of nitro groups is 1. The molecule has 2 atom stereocenters. The second-order valence-electron chi connectivity index (χ2n) is 10.3. The lowest BCUT2D eigenvalue weighted by Crippen LogP contribution is -2.35.